The van der Waals surface area contributed by atoms with Crippen LogP contribution in [0.25, 0.3) is 10.9 Å². The minimum absolute atomic E-state index is 0.370. The van der Waals surface area contributed by atoms with Crippen molar-refractivity contribution in [3.05, 3.63) is 30.7 Å². The molecule has 0 fully saturated rings. The second-order valence-corrected chi connectivity index (χ2v) is 2.84. The van der Waals surface area contributed by atoms with Crippen molar-refractivity contribution in [1.29, 1.82) is 0 Å². The average Bonchev–Trinajstić information content (AvgIpc) is 2.61. The minimum atomic E-state index is -0.370. The Labute approximate surface area is 81.1 Å². The zero-order valence-electron chi connectivity index (χ0n) is 7.80. The van der Waals surface area contributed by atoms with E-state index in [1.807, 2.05) is 12.1 Å². The van der Waals surface area contributed by atoms with Crippen LogP contribution in [-0.2, 0) is 4.74 Å². The molecule has 2 heterocycles. The summed E-state index contributed by atoms with van der Waals surface area (Å²) in [4.78, 5) is 15.4. The van der Waals surface area contributed by atoms with Gasteiger partial charge in [0.25, 0.3) is 0 Å². The molecule has 0 spiro atoms. The molecule has 0 aliphatic heterocycles. The van der Waals surface area contributed by atoms with Gasteiger partial charge in [-0.25, -0.2) is 4.79 Å². The molecule has 4 nitrogen and oxygen atoms in total. The van der Waals surface area contributed by atoms with Crippen LogP contribution in [0.1, 0.15) is 6.92 Å². The Balaban J connectivity index is 2.40. The van der Waals surface area contributed by atoms with Crippen molar-refractivity contribution in [3.8, 4) is 0 Å². The number of pyridine rings is 1. The monoisotopic (exact) mass is 190 g/mol. The number of carbonyl (C=O) groups is 1. The lowest BCUT2D eigenvalue weighted by Crippen LogP contribution is -2.10. The van der Waals surface area contributed by atoms with Crippen LogP contribution in [0.2, 0.25) is 0 Å². The molecule has 0 saturated carbocycles. The first-order valence-corrected chi connectivity index (χ1v) is 4.41. The van der Waals surface area contributed by atoms with Gasteiger partial charge >= 0.3 is 6.09 Å². The lowest BCUT2D eigenvalue weighted by molar-refractivity contribution is 0.154. The number of aromatic nitrogens is 2. The van der Waals surface area contributed by atoms with E-state index in [0.717, 1.165) is 10.9 Å². The Kier molecular flexibility index (Phi) is 2.18. The molecule has 2 aromatic heterocycles. The topological polar surface area (TPSA) is 44.1 Å². The van der Waals surface area contributed by atoms with Crippen LogP contribution in [0.4, 0.5) is 4.79 Å². The van der Waals surface area contributed by atoms with Gasteiger partial charge in [0.1, 0.15) is 0 Å². The summed E-state index contributed by atoms with van der Waals surface area (Å²) in [6, 6.07) is 3.73. The van der Waals surface area contributed by atoms with Crippen molar-refractivity contribution in [1.82, 2.24) is 9.55 Å². The van der Waals surface area contributed by atoms with Crippen LogP contribution in [-0.4, -0.2) is 22.3 Å². The molecule has 0 aliphatic rings. The van der Waals surface area contributed by atoms with Crippen LogP contribution in [0.3, 0.4) is 0 Å². The Hall–Kier alpha value is -1.84. The van der Waals surface area contributed by atoms with Gasteiger partial charge < -0.3 is 4.74 Å². The highest BCUT2D eigenvalue weighted by Gasteiger charge is 2.06. The Morgan fingerprint density at radius 1 is 1.57 bits per heavy atom. The second-order valence-electron chi connectivity index (χ2n) is 2.84. The summed E-state index contributed by atoms with van der Waals surface area (Å²) in [6.45, 7) is 2.15. The van der Waals surface area contributed by atoms with Crippen molar-refractivity contribution in [2.24, 2.45) is 0 Å². The molecule has 0 radical (unpaired) electrons. The average molecular weight is 190 g/mol. The quantitative estimate of drug-likeness (QED) is 0.691. The lowest BCUT2D eigenvalue weighted by Gasteiger charge is -1.99. The van der Waals surface area contributed by atoms with Crippen molar-refractivity contribution < 1.29 is 9.53 Å². The number of fused-ring (bicyclic) bond motifs is 1. The van der Waals surface area contributed by atoms with E-state index in [0.29, 0.717) is 6.61 Å². The van der Waals surface area contributed by atoms with Crippen LogP contribution in [0.5, 0.6) is 0 Å². The van der Waals surface area contributed by atoms with Gasteiger partial charge in [0.15, 0.2) is 0 Å². The molecule has 72 valence electrons. The molecule has 0 aliphatic carbocycles. The first kappa shape index (κ1) is 8.74. The number of nitrogens with zero attached hydrogens (tertiary/aromatic N) is 2. The van der Waals surface area contributed by atoms with Gasteiger partial charge in [0, 0.05) is 24.0 Å². The van der Waals surface area contributed by atoms with Gasteiger partial charge in [-0.3, -0.25) is 9.55 Å². The van der Waals surface area contributed by atoms with Gasteiger partial charge in [-0.1, -0.05) is 0 Å². The summed E-state index contributed by atoms with van der Waals surface area (Å²) < 4.78 is 6.26. The fourth-order valence-corrected chi connectivity index (χ4v) is 1.27. The van der Waals surface area contributed by atoms with Gasteiger partial charge in [0.05, 0.1) is 12.1 Å². The van der Waals surface area contributed by atoms with E-state index in [1.54, 1.807) is 25.5 Å². The molecule has 0 atom stereocenters. The minimum Gasteiger partial charge on any atom is -0.449 e. The molecule has 4 heteroatoms. The van der Waals surface area contributed by atoms with Crippen LogP contribution < -0.4 is 0 Å². The molecule has 0 aromatic carbocycles. The maximum atomic E-state index is 11.3. The first-order chi connectivity index (χ1) is 6.81. The highest BCUT2D eigenvalue weighted by Crippen LogP contribution is 2.11. The fraction of sp³-hybridized carbons (Fsp3) is 0.200. The summed E-state index contributed by atoms with van der Waals surface area (Å²) in [5, 5.41) is 0.931. The van der Waals surface area contributed by atoms with Crippen LogP contribution >= 0.6 is 0 Å². The van der Waals surface area contributed by atoms with Gasteiger partial charge in [-0.2, -0.15) is 0 Å². The Morgan fingerprint density at radius 2 is 2.43 bits per heavy atom. The highest BCUT2D eigenvalue weighted by atomic mass is 16.5. The van der Waals surface area contributed by atoms with E-state index in [4.69, 9.17) is 4.74 Å². The number of carbonyl (C=O) groups excluding carboxylic acids is 1. The SMILES string of the molecule is CCOC(=O)n1cc2cccnc2c1. The summed E-state index contributed by atoms with van der Waals surface area (Å²) in [7, 11) is 0. The normalized spacial score (nSPS) is 10.4. The summed E-state index contributed by atoms with van der Waals surface area (Å²) in [6.07, 6.45) is 4.69. The third-order valence-electron chi connectivity index (χ3n) is 1.89. The summed E-state index contributed by atoms with van der Waals surface area (Å²) in [5.41, 5.74) is 0.792. The highest BCUT2D eigenvalue weighted by molar-refractivity contribution is 5.83. The summed E-state index contributed by atoms with van der Waals surface area (Å²) in [5.74, 6) is 0. The largest absolute Gasteiger partial charge is 0.449 e. The number of hydrogen-bond donors (Lipinski definition) is 0. The predicted molar refractivity (Wildman–Crippen MR) is 52.2 cm³/mol. The van der Waals surface area contributed by atoms with Crippen molar-refractivity contribution in [3.63, 3.8) is 0 Å². The molecule has 2 rings (SSSR count). The fourth-order valence-electron chi connectivity index (χ4n) is 1.27. The molecular weight excluding hydrogens is 180 g/mol. The summed E-state index contributed by atoms with van der Waals surface area (Å²) >= 11 is 0. The number of rotatable bonds is 1. The van der Waals surface area contributed by atoms with E-state index in [1.165, 1.54) is 4.57 Å². The molecule has 14 heavy (non-hydrogen) atoms. The van der Waals surface area contributed by atoms with Gasteiger partial charge in [0.2, 0.25) is 0 Å². The van der Waals surface area contributed by atoms with E-state index in [-0.39, 0.29) is 6.09 Å². The molecule has 0 bridgehead atoms. The van der Waals surface area contributed by atoms with E-state index in [2.05, 4.69) is 4.98 Å². The zero-order chi connectivity index (χ0) is 9.97. The van der Waals surface area contributed by atoms with Crippen molar-refractivity contribution in [2.45, 2.75) is 6.92 Å². The molecular formula is C10H10N2O2. The zero-order valence-corrected chi connectivity index (χ0v) is 7.80. The van der Waals surface area contributed by atoms with Crippen molar-refractivity contribution >= 4 is 17.0 Å². The second kappa shape index (κ2) is 3.49. The first-order valence-electron chi connectivity index (χ1n) is 4.41. The number of ether oxygens (including phenoxy) is 1. The van der Waals surface area contributed by atoms with Crippen molar-refractivity contribution in [2.75, 3.05) is 6.61 Å². The molecule has 2 aromatic rings. The van der Waals surface area contributed by atoms with Crippen LogP contribution in [0.15, 0.2) is 30.7 Å². The third kappa shape index (κ3) is 1.46. The smallest absolute Gasteiger partial charge is 0.418 e. The standard InChI is InChI=1S/C10H10N2O2/c1-2-14-10(13)12-6-8-4-3-5-11-9(8)7-12/h3-7H,2H2,1H3. The van der Waals surface area contributed by atoms with E-state index >= 15 is 0 Å². The van der Waals surface area contributed by atoms with Gasteiger partial charge in [-0.15, -0.1) is 0 Å². The predicted octanol–water partition coefficient (Wildman–Crippen LogP) is 2.04. The molecule has 0 N–H and O–H groups in total. The Bertz CT molecular complexity index is 429. The molecule has 0 unspecified atom stereocenters. The van der Waals surface area contributed by atoms with E-state index in [9.17, 15) is 4.79 Å². The third-order valence-corrected chi connectivity index (χ3v) is 1.89. The molecule has 0 amide bonds. The Morgan fingerprint density at radius 3 is 3.14 bits per heavy atom. The van der Waals surface area contributed by atoms with E-state index < -0.39 is 0 Å². The van der Waals surface area contributed by atoms with Gasteiger partial charge in [-0.05, 0) is 19.1 Å². The lowest BCUT2D eigenvalue weighted by atomic mass is 10.3. The maximum Gasteiger partial charge on any atom is 0.418 e. The maximum absolute atomic E-state index is 11.3. The molecule has 0 saturated heterocycles. The number of hydrogen-bond acceptors (Lipinski definition) is 3. The van der Waals surface area contributed by atoms with Crippen LogP contribution in [0, 0.1) is 0 Å².